The molecule has 1 rings (SSSR count). The Morgan fingerprint density at radius 2 is 1.95 bits per heavy atom. The summed E-state index contributed by atoms with van der Waals surface area (Å²) < 4.78 is 5.24. The lowest BCUT2D eigenvalue weighted by Crippen LogP contribution is -2.62. The van der Waals surface area contributed by atoms with E-state index in [1.165, 1.54) is 0 Å². The number of hydrogen-bond donors (Lipinski definition) is 3. The predicted molar refractivity (Wildman–Crippen MR) is 75.7 cm³/mol. The number of carbonyl (C=O) groups excluding carboxylic acids is 1. The number of amides is 1. The number of ether oxygens (including phenoxy) is 1. The molecule has 6 nitrogen and oxygen atoms in total. The van der Waals surface area contributed by atoms with E-state index in [1.807, 2.05) is 0 Å². The molecule has 6 heteroatoms. The van der Waals surface area contributed by atoms with Crippen LogP contribution < -0.4 is 10.6 Å². The second-order valence-corrected chi connectivity index (χ2v) is 6.62. The lowest BCUT2D eigenvalue weighted by molar-refractivity contribution is -0.138. The van der Waals surface area contributed by atoms with Crippen LogP contribution in [0.5, 0.6) is 0 Å². The van der Waals surface area contributed by atoms with E-state index in [1.54, 1.807) is 27.7 Å². The molecule has 3 N–H and O–H groups in total. The summed E-state index contributed by atoms with van der Waals surface area (Å²) in [6, 6.07) is -0.0557. The fourth-order valence-electron chi connectivity index (χ4n) is 2.50. The van der Waals surface area contributed by atoms with Gasteiger partial charge < -0.3 is 20.5 Å². The van der Waals surface area contributed by atoms with Gasteiger partial charge in [0.15, 0.2) is 0 Å². The van der Waals surface area contributed by atoms with E-state index in [-0.39, 0.29) is 12.5 Å². The molecule has 1 heterocycles. The van der Waals surface area contributed by atoms with E-state index in [9.17, 15) is 9.59 Å². The largest absolute Gasteiger partial charge is 0.481 e. The highest BCUT2D eigenvalue weighted by Gasteiger charge is 2.39. The highest BCUT2D eigenvalue weighted by Crippen LogP contribution is 2.23. The maximum atomic E-state index is 11.9. The van der Waals surface area contributed by atoms with Gasteiger partial charge in [-0.2, -0.15) is 0 Å². The summed E-state index contributed by atoms with van der Waals surface area (Å²) in [6.07, 6.45) is 2.24. The fourth-order valence-corrected chi connectivity index (χ4v) is 2.50. The van der Waals surface area contributed by atoms with Gasteiger partial charge in [0.1, 0.15) is 5.60 Å². The topological polar surface area (TPSA) is 87.7 Å². The van der Waals surface area contributed by atoms with Crippen LogP contribution in [0.1, 0.15) is 53.4 Å². The predicted octanol–water partition coefficient (Wildman–Crippen LogP) is 1.89. The van der Waals surface area contributed by atoms with Crippen molar-refractivity contribution in [2.24, 2.45) is 0 Å². The molecule has 0 spiro atoms. The van der Waals surface area contributed by atoms with Crippen LogP contribution in [0, 0.1) is 0 Å². The Morgan fingerprint density at radius 3 is 2.40 bits per heavy atom. The van der Waals surface area contributed by atoms with Crippen LogP contribution >= 0.6 is 0 Å². The molecule has 1 saturated heterocycles. The van der Waals surface area contributed by atoms with Gasteiger partial charge in [-0.15, -0.1) is 0 Å². The molecule has 116 valence electrons. The van der Waals surface area contributed by atoms with Crippen LogP contribution in [0.15, 0.2) is 0 Å². The molecule has 20 heavy (non-hydrogen) atoms. The molecule has 0 aliphatic carbocycles. The van der Waals surface area contributed by atoms with Gasteiger partial charge in [0.25, 0.3) is 0 Å². The molecule has 0 bridgehead atoms. The van der Waals surface area contributed by atoms with Crippen LogP contribution in [0.25, 0.3) is 0 Å². The van der Waals surface area contributed by atoms with Gasteiger partial charge in [-0.1, -0.05) is 6.42 Å². The number of piperidine rings is 1. The second kappa shape index (κ2) is 6.43. The monoisotopic (exact) mass is 286 g/mol. The zero-order valence-corrected chi connectivity index (χ0v) is 12.8. The highest BCUT2D eigenvalue weighted by molar-refractivity contribution is 5.73. The van der Waals surface area contributed by atoms with Crippen LogP contribution in [-0.2, 0) is 9.53 Å². The van der Waals surface area contributed by atoms with Crippen molar-refractivity contribution in [3.05, 3.63) is 0 Å². The summed E-state index contributed by atoms with van der Waals surface area (Å²) in [5.41, 5.74) is -1.46. The molecule has 2 atom stereocenters. The van der Waals surface area contributed by atoms with Gasteiger partial charge in [-0.05, 0) is 47.1 Å². The first-order chi connectivity index (χ1) is 9.12. The van der Waals surface area contributed by atoms with Crippen molar-refractivity contribution in [1.82, 2.24) is 10.6 Å². The quantitative estimate of drug-likeness (QED) is 0.734. The molecule has 2 unspecified atom stereocenters. The lowest BCUT2D eigenvalue weighted by atomic mass is 9.83. The van der Waals surface area contributed by atoms with E-state index in [0.29, 0.717) is 0 Å². The van der Waals surface area contributed by atoms with Crippen LogP contribution in [0.3, 0.4) is 0 Å². The van der Waals surface area contributed by atoms with Crippen molar-refractivity contribution >= 4 is 12.1 Å². The Hall–Kier alpha value is -1.30. The van der Waals surface area contributed by atoms with Crippen molar-refractivity contribution < 1.29 is 19.4 Å². The van der Waals surface area contributed by atoms with Crippen molar-refractivity contribution in [3.63, 3.8) is 0 Å². The Kier molecular flexibility index (Phi) is 5.39. The van der Waals surface area contributed by atoms with Gasteiger partial charge >= 0.3 is 12.1 Å². The van der Waals surface area contributed by atoms with Crippen LogP contribution in [0.4, 0.5) is 4.79 Å². The minimum atomic E-state index is -0.934. The van der Waals surface area contributed by atoms with E-state index in [0.717, 1.165) is 25.8 Å². The maximum Gasteiger partial charge on any atom is 0.408 e. The molecular formula is C14H26N2O4. The standard InChI is InChI=1S/C14H26N2O4/c1-13(2,3)20-12(19)16-14(4,9-11(17)18)10-7-5-6-8-15-10/h10,15H,5-9H2,1-4H3,(H,16,19)(H,17,18). The van der Waals surface area contributed by atoms with Crippen molar-refractivity contribution in [2.75, 3.05) is 6.54 Å². The Morgan fingerprint density at radius 1 is 1.30 bits per heavy atom. The minimum Gasteiger partial charge on any atom is -0.481 e. The highest BCUT2D eigenvalue weighted by atomic mass is 16.6. The summed E-state index contributed by atoms with van der Waals surface area (Å²) >= 11 is 0. The van der Waals surface area contributed by atoms with Gasteiger partial charge in [0, 0.05) is 6.04 Å². The maximum absolute atomic E-state index is 11.9. The molecule has 1 fully saturated rings. The average Bonchev–Trinajstić information content (AvgIpc) is 2.26. The average molecular weight is 286 g/mol. The van der Waals surface area contributed by atoms with Crippen molar-refractivity contribution in [2.45, 2.75) is 70.6 Å². The Labute approximate surface area is 120 Å². The number of aliphatic carboxylic acids is 1. The third-order valence-electron chi connectivity index (χ3n) is 3.38. The zero-order chi connectivity index (χ0) is 15.4. The molecule has 0 aromatic rings. The molecule has 0 radical (unpaired) electrons. The van der Waals surface area contributed by atoms with Gasteiger partial charge in [0.2, 0.25) is 0 Å². The van der Waals surface area contributed by atoms with Crippen molar-refractivity contribution in [3.8, 4) is 0 Å². The number of carboxylic acid groups (broad SMARTS) is 1. The van der Waals surface area contributed by atoms with E-state index < -0.39 is 23.2 Å². The number of hydrogen-bond acceptors (Lipinski definition) is 4. The molecule has 0 aromatic carbocycles. The molecule has 0 saturated carbocycles. The first kappa shape index (κ1) is 16.8. The van der Waals surface area contributed by atoms with Crippen molar-refractivity contribution in [1.29, 1.82) is 0 Å². The smallest absolute Gasteiger partial charge is 0.408 e. The summed E-state index contributed by atoms with van der Waals surface area (Å²) in [5, 5.41) is 15.2. The van der Waals surface area contributed by atoms with E-state index in [4.69, 9.17) is 9.84 Å². The number of carbonyl (C=O) groups is 2. The third kappa shape index (κ3) is 5.36. The third-order valence-corrected chi connectivity index (χ3v) is 3.38. The Bertz CT molecular complexity index is 359. The number of alkyl carbamates (subject to hydrolysis) is 1. The number of nitrogens with one attached hydrogen (secondary N) is 2. The Balaban J connectivity index is 2.76. The second-order valence-electron chi connectivity index (χ2n) is 6.62. The number of carboxylic acids is 1. The summed E-state index contributed by atoms with van der Waals surface area (Å²) in [5.74, 6) is -0.934. The molecular weight excluding hydrogens is 260 g/mol. The SMILES string of the molecule is CC(C)(C)OC(=O)NC(C)(CC(=O)O)C1CCCCN1. The van der Waals surface area contributed by atoms with Crippen LogP contribution in [0.2, 0.25) is 0 Å². The van der Waals surface area contributed by atoms with Crippen LogP contribution in [-0.4, -0.2) is 40.9 Å². The van der Waals surface area contributed by atoms with E-state index >= 15 is 0 Å². The lowest BCUT2D eigenvalue weighted by Gasteiger charge is -2.40. The van der Waals surface area contributed by atoms with Gasteiger partial charge in [0.05, 0.1) is 12.0 Å². The van der Waals surface area contributed by atoms with Gasteiger partial charge in [-0.3, -0.25) is 4.79 Å². The summed E-state index contributed by atoms with van der Waals surface area (Å²) in [6.45, 7) is 7.93. The molecule has 1 amide bonds. The van der Waals surface area contributed by atoms with Gasteiger partial charge in [-0.25, -0.2) is 4.79 Å². The fraction of sp³-hybridized carbons (Fsp3) is 0.857. The first-order valence-electron chi connectivity index (χ1n) is 7.09. The molecule has 0 aromatic heterocycles. The normalized spacial score (nSPS) is 22.7. The first-order valence-corrected chi connectivity index (χ1v) is 7.09. The number of rotatable bonds is 4. The zero-order valence-electron chi connectivity index (χ0n) is 12.8. The minimum absolute atomic E-state index is 0.0557. The summed E-state index contributed by atoms with van der Waals surface area (Å²) in [4.78, 5) is 23.0. The molecule has 1 aliphatic heterocycles. The summed E-state index contributed by atoms with van der Waals surface area (Å²) in [7, 11) is 0. The molecule has 1 aliphatic rings. The van der Waals surface area contributed by atoms with E-state index in [2.05, 4.69) is 10.6 Å².